The number of nitrogens with zero attached hydrogens (tertiary/aromatic N) is 3. The molecule has 13 heavy (non-hydrogen) atoms. The predicted molar refractivity (Wildman–Crippen MR) is 41.4 cm³/mol. The third-order valence-electron chi connectivity index (χ3n) is 1.39. The molecule has 0 bridgehead atoms. The van der Waals surface area contributed by atoms with E-state index in [0.29, 0.717) is 6.42 Å². The summed E-state index contributed by atoms with van der Waals surface area (Å²) in [5, 5.41) is 28.3. The Balaban J connectivity index is 3.31. The molecular weight excluding hydrogens is 178 g/mol. The minimum atomic E-state index is -0.940. The lowest BCUT2D eigenvalue weighted by atomic mass is 10.4. The van der Waals surface area contributed by atoms with Crippen LogP contribution in [-0.4, -0.2) is 25.1 Å². The van der Waals surface area contributed by atoms with E-state index in [2.05, 4.69) is 9.97 Å². The largest absolute Gasteiger partial charge is 0.488 e. The van der Waals surface area contributed by atoms with Crippen LogP contribution in [0.15, 0.2) is 0 Å². The van der Waals surface area contributed by atoms with Gasteiger partial charge >= 0.3 is 5.69 Å². The summed E-state index contributed by atoms with van der Waals surface area (Å²) in [6, 6.07) is 0. The number of hydrogen-bond donors (Lipinski definition) is 2. The van der Waals surface area contributed by atoms with Crippen molar-refractivity contribution >= 4 is 5.69 Å². The van der Waals surface area contributed by atoms with Gasteiger partial charge in [-0.25, -0.2) is 0 Å². The Morgan fingerprint density at radius 1 is 1.38 bits per heavy atom. The topological polar surface area (TPSA) is 109 Å². The lowest BCUT2D eigenvalue weighted by molar-refractivity contribution is -0.387. The molecule has 70 valence electrons. The number of aromatic nitrogens is 2. The van der Waals surface area contributed by atoms with E-state index in [1.54, 1.807) is 6.92 Å². The standard InChI is InChI=1S/C6H7N3O4/c1-2-3-7-5(10)4(9(12)13)6(11)8-3/h2H2,1H3,(H2,7,8,10,11). The summed E-state index contributed by atoms with van der Waals surface area (Å²) in [6.45, 7) is 1.69. The van der Waals surface area contributed by atoms with E-state index < -0.39 is 22.4 Å². The summed E-state index contributed by atoms with van der Waals surface area (Å²) < 4.78 is 0. The molecular formula is C6H7N3O4. The van der Waals surface area contributed by atoms with Crippen LogP contribution in [0, 0.1) is 10.1 Å². The third kappa shape index (κ3) is 1.63. The van der Waals surface area contributed by atoms with Gasteiger partial charge in [-0.3, -0.25) is 10.1 Å². The summed E-state index contributed by atoms with van der Waals surface area (Å²) >= 11 is 0. The second-order valence-corrected chi connectivity index (χ2v) is 2.25. The molecule has 0 aliphatic rings. The average molecular weight is 185 g/mol. The summed E-state index contributed by atoms with van der Waals surface area (Å²) in [4.78, 5) is 16.1. The van der Waals surface area contributed by atoms with E-state index in [9.17, 15) is 10.1 Å². The Morgan fingerprint density at radius 2 is 1.85 bits per heavy atom. The van der Waals surface area contributed by atoms with Crippen molar-refractivity contribution in [1.82, 2.24) is 9.97 Å². The Kier molecular flexibility index (Phi) is 2.27. The van der Waals surface area contributed by atoms with Crippen molar-refractivity contribution in [1.29, 1.82) is 0 Å². The van der Waals surface area contributed by atoms with Gasteiger partial charge in [-0.2, -0.15) is 9.97 Å². The highest BCUT2D eigenvalue weighted by Gasteiger charge is 2.23. The number of aromatic hydroxyl groups is 2. The van der Waals surface area contributed by atoms with Gasteiger partial charge in [0.15, 0.2) is 0 Å². The highest BCUT2D eigenvalue weighted by atomic mass is 16.6. The van der Waals surface area contributed by atoms with Crippen LogP contribution in [0.5, 0.6) is 11.8 Å². The average Bonchev–Trinajstić information content (AvgIpc) is 2.02. The van der Waals surface area contributed by atoms with Crippen LogP contribution < -0.4 is 0 Å². The highest BCUT2D eigenvalue weighted by Crippen LogP contribution is 2.31. The fraction of sp³-hybridized carbons (Fsp3) is 0.333. The van der Waals surface area contributed by atoms with E-state index in [0.717, 1.165) is 0 Å². The van der Waals surface area contributed by atoms with Crippen LogP contribution in [0.1, 0.15) is 12.7 Å². The second kappa shape index (κ2) is 3.21. The minimum Gasteiger partial charge on any atom is -0.488 e. The Hall–Kier alpha value is -1.92. The number of nitro groups is 1. The maximum atomic E-state index is 10.2. The van der Waals surface area contributed by atoms with E-state index in [-0.39, 0.29) is 5.82 Å². The van der Waals surface area contributed by atoms with Crippen molar-refractivity contribution in [3.8, 4) is 11.8 Å². The Bertz CT molecular complexity index is 329. The lowest BCUT2D eigenvalue weighted by Gasteiger charge is -1.99. The van der Waals surface area contributed by atoms with E-state index >= 15 is 0 Å². The van der Waals surface area contributed by atoms with Crippen molar-refractivity contribution in [2.75, 3.05) is 0 Å². The lowest BCUT2D eigenvalue weighted by Crippen LogP contribution is -1.98. The first kappa shape index (κ1) is 9.17. The first-order valence-electron chi connectivity index (χ1n) is 3.49. The fourth-order valence-electron chi connectivity index (χ4n) is 0.797. The molecule has 0 atom stereocenters. The minimum absolute atomic E-state index is 0.153. The van der Waals surface area contributed by atoms with Crippen LogP contribution in [0.25, 0.3) is 0 Å². The van der Waals surface area contributed by atoms with Gasteiger partial charge in [0.1, 0.15) is 5.82 Å². The summed E-state index contributed by atoms with van der Waals surface area (Å²) in [5.41, 5.74) is -0.864. The Labute approximate surface area is 72.8 Å². The van der Waals surface area contributed by atoms with Crippen LogP contribution in [0.3, 0.4) is 0 Å². The van der Waals surface area contributed by atoms with Crippen LogP contribution in [-0.2, 0) is 6.42 Å². The molecule has 0 aromatic carbocycles. The molecule has 7 heteroatoms. The first-order chi connectivity index (χ1) is 6.06. The van der Waals surface area contributed by atoms with Crippen LogP contribution >= 0.6 is 0 Å². The van der Waals surface area contributed by atoms with Gasteiger partial charge in [-0.1, -0.05) is 6.92 Å². The zero-order chi connectivity index (χ0) is 10.0. The van der Waals surface area contributed by atoms with Gasteiger partial charge < -0.3 is 10.2 Å². The van der Waals surface area contributed by atoms with Gasteiger partial charge in [0.2, 0.25) is 0 Å². The van der Waals surface area contributed by atoms with Crippen molar-refractivity contribution in [2.45, 2.75) is 13.3 Å². The Morgan fingerprint density at radius 3 is 2.15 bits per heavy atom. The molecule has 0 radical (unpaired) electrons. The van der Waals surface area contributed by atoms with Crippen molar-refractivity contribution in [2.24, 2.45) is 0 Å². The maximum absolute atomic E-state index is 10.2. The molecule has 0 fully saturated rings. The molecule has 0 amide bonds. The zero-order valence-electron chi connectivity index (χ0n) is 6.76. The van der Waals surface area contributed by atoms with Crippen molar-refractivity contribution in [3.63, 3.8) is 0 Å². The van der Waals surface area contributed by atoms with E-state index in [4.69, 9.17) is 10.2 Å². The number of rotatable bonds is 2. The van der Waals surface area contributed by atoms with Crippen molar-refractivity contribution < 1.29 is 15.1 Å². The molecule has 1 heterocycles. The second-order valence-electron chi connectivity index (χ2n) is 2.25. The molecule has 2 N–H and O–H groups in total. The quantitative estimate of drug-likeness (QED) is 0.508. The molecule has 1 rings (SSSR count). The van der Waals surface area contributed by atoms with Crippen molar-refractivity contribution in [3.05, 3.63) is 15.9 Å². The molecule has 0 saturated heterocycles. The van der Waals surface area contributed by atoms with Gasteiger partial charge in [0.25, 0.3) is 11.8 Å². The third-order valence-corrected chi connectivity index (χ3v) is 1.39. The van der Waals surface area contributed by atoms with Gasteiger partial charge in [0.05, 0.1) is 4.92 Å². The maximum Gasteiger partial charge on any atom is 0.391 e. The molecule has 7 nitrogen and oxygen atoms in total. The van der Waals surface area contributed by atoms with Gasteiger partial charge in [0, 0.05) is 6.42 Å². The molecule has 0 saturated carbocycles. The van der Waals surface area contributed by atoms with E-state index in [1.807, 2.05) is 0 Å². The number of aryl methyl sites for hydroxylation is 1. The predicted octanol–water partition coefficient (Wildman–Crippen LogP) is 0.358. The van der Waals surface area contributed by atoms with E-state index in [1.165, 1.54) is 0 Å². The molecule has 0 aliphatic heterocycles. The molecule has 0 aliphatic carbocycles. The van der Waals surface area contributed by atoms with Gasteiger partial charge in [-0.15, -0.1) is 0 Å². The smallest absolute Gasteiger partial charge is 0.391 e. The molecule has 1 aromatic heterocycles. The summed E-state index contributed by atoms with van der Waals surface area (Å²) in [6.07, 6.45) is 0.374. The summed E-state index contributed by atoms with van der Waals surface area (Å²) in [7, 11) is 0. The molecule has 0 spiro atoms. The highest BCUT2D eigenvalue weighted by molar-refractivity contribution is 5.47. The number of hydrogen-bond acceptors (Lipinski definition) is 6. The zero-order valence-corrected chi connectivity index (χ0v) is 6.76. The summed E-state index contributed by atoms with van der Waals surface area (Å²) in [5.74, 6) is -1.47. The van der Waals surface area contributed by atoms with Crippen LogP contribution in [0.2, 0.25) is 0 Å². The van der Waals surface area contributed by atoms with Crippen LogP contribution in [0.4, 0.5) is 5.69 Å². The van der Waals surface area contributed by atoms with Gasteiger partial charge in [-0.05, 0) is 0 Å². The SMILES string of the molecule is CCc1nc(O)c([N+](=O)[O-])c(O)n1. The monoisotopic (exact) mass is 185 g/mol. The first-order valence-corrected chi connectivity index (χ1v) is 3.49. The molecule has 1 aromatic rings. The fourth-order valence-corrected chi connectivity index (χ4v) is 0.797. The normalized spacial score (nSPS) is 9.92. The molecule has 0 unspecified atom stereocenters.